The maximum absolute atomic E-state index is 13.3. The molecule has 1 N–H and O–H groups in total. The Morgan fingerprint density at radius 2 is 1.69 bits per heavy atom. The Kier molecular flexibility index (Phi) is 7.72. The quantitative estimate of drug-likeness (QED) is 0.375. The van der Waals surface area contributed by atoms with Crippen LogP contribution in [0.2, 0.25) is 0 Å². The molecule has 2 aromatic heterocycles. The van der Waals surface area contributed by atoms with Crippen LogP contribution in [0, 0.1) is 6.92 Å². The first-order valence-electron chi connectivity index (χ1n) is 13.3. The molecule has 1 aliphatic rings. The molecule has 1 aliphatic heterocycles. The maximum atomic E-state index is 13.3. The Bertz CT molecular complexity index is 1420. The van der Waals surface area contributed by atoms with Gasteiger partial charge < -0.3 is 19.7 Å². The predicted octanol–water partition coefficient (Wildman–Crippen LogP) is 4.84. The standard InChI is InChI=1S/C31H34N6O2/c1-22-4-13-28(31(39)34-25-7-11-27(12-8-25)37-19-16-32-21-37)30(33-22)24-14-17-36(18-15-24)29(38)20-23-5-9-26(10-6-23)35(2)3/h4-13,16,19,21,24H,14-15,17-18,20H2,1-3H3,(H,34,39). The Balaban J connectivity index is 1.22. The number of imidazole rings is 1. The molecule has 4 aromatic rings. The van der Waals surface area contributed by atoms with Crippen molar-refractivity contribution in [2.45, 2.75) is 32.1 Å². The summed E-state index contributed by atoms with van der Waals surface area (Å²) in [5.74, 6) is 0.0885. The van der Waals surface area contributed by atoms with Gasteiger partial charge in [-0.1, -0.05) is 12.1 Å². The molecule has 0 aliphatic carbocycles. The molecule has 0 saturated carbocycles. The Hall–Kier alpha value is -4.46. The van der Waals surface area contributed by atoms with Crippen LogP contribution in [0.5, 0.6) is 0 Å². The number of hydrogen-bond donors (Lipinski definition) is 1. The summed E-state index contributed by atoms with van der Waals surface area (Å²) in [7, 11) is 4.01. The van der Waals surface area contributed by atoms with Gasteiger partial charge in [0.05, 0.1) is 24.0 Å². The molecule has 0 unspecified atom stereocenters. The van der Waals surface area contributed by atoms with Gasteiger partial charge in [0, 0.05) is 68.3 Å². The number of piperidine rings is 1. The Morgan fingerprint density at radius 1 is 0.974 bits per heavy atom. The highest BCUT2D eigenvalue weighted by atomic mass is 16.2. The summed E-state index contributed by atoms with van der Waals surface area (Å²) in [6.07, 6.45) is 7.29. The summed E-state index contributed by atoms with van der Waals surface area (Å²) in [6.45, 7) is 3.26. The van der Waals surface area contributed by atoms with Gasteiger partial charge in [-0.25, -0.2) is 4.98 Å². The molecule has 0 spiro atoms. The lowest BCUT2D eigenvalue weighted by atomic mass is 9.89. The number of aromatic nitrogens is 3. The van der Waals surface area contributed by atoms with Crippen molar-refractivity contribution < 1.29 is 9.59 Å². The van der Waals surface area contributed by atoms with Gasteiger partial charge >= 0.3 is 0 Å². The van der Waals surface area contributed by atoms with Crippen molar-refractivity contribution in [3.8, 4) is 5.69 Å². The van der Waals surface area contributed by atoms with Crippen molar-refractivity contribution >= 4 is 23.2 Å². The summed E-state index contributed by atoms with van der Waals surface area (Å²) in [5, 5.41) is 3.02. The van der Waals surface area contributed by atoms with Crippen molar-refractivity contribution in [2.24, 2.45) is 0 Å². The largest absolute Gasteiger partial charge is 0.378 e. The molecule has 2 aromatic carbocycles. The van der Waals surface area contributed by atoms with Crippen LogP contribution in [0.1, 0.15) is 46.1 Å². The summed E-state index contributed by atoms with van der Waals surface area (Å²) in [4.78, 5) is 39.1. The molecule has 0 radical (unpaired) electrons. The van der Waals surface area contributed by atoms with E-state index in [2.05, 4.69) is 10.3 Å². The summed E-state index contributed by atoms with van der Waals surface area (Å²) in [5.41, 5.74) is 6.10. The highest BCUT2D eigenvalue weighted by Crippen LogP contribution is 2.30. The van der Waals surface area contributed by atoms with Crippen LogP contribution in [-0.4, -0.2) is 58.4 Å². The van der Waals surface area contributed by atoms with E-state index in [1.54, 1.807) is 12.5 Å². The fourth-order valence-electron chi connectivity index (χ4n) is 5.01. The normalized spacial score (nSPS) is 13.8. The van der Waals surface area contributed by atoms with Crippen LogP contribution in [0.4, 0.5) is 11.4 Å². The van der Waals surface area contributed by atoms with Crippen LogP contribution in [0.15, 0.2) is 79.4 Å². The van der Waals surface area contributed by atoms with Gasteiger partial charge in [-0.2, -0.15) is 0 Å². The van der Waals surface area contributed by atoms with E-state index in [1.165, 1.54) is 0 Å². The van der Waals surface area contributed by atoms with Crippen molar-refractivity contribution in [2.75, 3.05) is 37.4 Å². The van der Waals surface area contributed by atoms with Crippen LogP contribution in [-0.2, 0) is 11.2 Å². The lowest BCUT2D eigenvalue weighted by Gasteiger charge is -2.32. The molecule has 3 heterocycles. The monoisotopic (exact) mass is 522 g/mol. The van der Waals surface area contributed by atoms with E-state index in [-0.39, 0.29) is 17.7 Å². The molecule has 8 nitrogen and oxygen atoms in total. The molecule has 2 amide bonds. The highest BCUT2D eigenvalue weighted by molar-refractivity contribution is 6.05. The molecule has 0 bridgehead atoms. The molecule has 5 rings (SSSR count). The number of benzene rings is 2. The average Bonchev–Trinajstić information content (AvgIpc) is 3.49. The fourth-order valence-corrected chi connectivity index (χ4v) is 5.01. The number of nitrogens with zero attached hydrogens (tertiary/aromatic N) is 5. The second-order valence-corrected chi connectivity index (χ2v) is 10.2. The molecule has 39 heavy (non-hydrogen) atoms. The zero-order valence-electron chi connectivity index (χ0n) is 22.7. The van der Waals surface area contributed by atoms with Gasteiger partial charge in [-0.05, 0) is 73.9 Å². The first-order valence-corrected chi connectivity index (χ1v) is 13.3. The van der Waals surface area contributed by atoms with E-state index in [0.29, 0.717) is 25.1 Å². The number of anilines is 2. The number of aryl methyl sites for hydroxylation is 1. The van der Waals surface area contributed by atoms with Crippen molar-refractivity contribution in [3.05, 3.63) is 102 Å². The molecule has 8 heteroatoms. The van der Waals surface area contributed by atoms with Crippen molar-refractivity contribution in [1.29, 1.82) is 0 Å². The first kappa shape index (κ1) is 26.2. The lowest BCUT2D eigenvalue weighted by Crippen LogP contribution is -2.39. The molecule has 200 valence electrons. The summed E-state index contributed by atoms with van der Waals surface area (Å²) < 4.78 is 1.91. The first-order chi connectivity index (χ1) is 18.9. The topological polar surface area (TPSA) is 83.4 Å². The zero-order valence-corrected chi connectivity index (χ0v) is 22.7. The molecular formula is C31H34N6O2. The van der Waals surface area contributed by atoms with E-state index in [4.69, 9.17) is 4.98 Å². The van der Waals surface area contributed by atoms with Crippen LogP contribution < -0.4 is 10.2 Å². The number of carbonyl (C=O) groups is 2. The molecule has 1 fully saturated rings. The third-order valence-corrected chi connectivity index (χ3v) is 7.28. The van der Waals surface area contributed by atoms with Crippen molar-refractivity contribution in [3.63, 3.8) is 0 Å². The minimum atomic E-state index is -0.174. The third kappa shape index (κ3) is 6.17. The zero-order chi connectivity index (χ0) is 27.4. The van der Waals surface area contributed by atoms with Gasteiger partial charge in [0.15, 0.2) is 0 Å². The maximum Gasteiger partial charge on any atom is 0.257 e. The summed E-state index contributed by atoms with van der Waals surface area (Å²) >= 11 is 0. The number of likely N-dealkylation sites (tertiary alicyclic amines) is 1. The van der Waals surface area contributed by atoms with Crippen LogP contribution >= 0.6 is 0 Å². The summed E-state index contributed by atoms with van der Waals surface area (Å²) in [6, 6.07) is 19.5. The van der Waals surface area contributed by atoms with Crippen molar-refractivity contribution in [1.82, 2.24) is 19.4 Å². The average molecular weight is 523 g/mol. The molecule has 0 atom stereocenters. The van der Waals surface area contributed by atoms with E-state index >= 15 is 0 Å². The van der Waals surface area contributed by atoms with E-state index in [1.807, 2.05) is 102 Å². The molecular weight excluding hydrogens is 488 g/mol. The number of pyridine rings is 1. The van der Waals surface area contributed by atoms with Gasteiger partial charge in [0.25, 0.3) is 5.91 Å². The second-order valence-electron chi connectivity index (χ2n) is 10.2. The fraction of sp³-hybridized carbons (Fsp3) is 0.290. The van der Waals surface area contributed by atoms with Gasteiger partial charge in [-0.15, -0.1) is 0 Å². The highest BCUT2D eigenvalue weighted by Gasteiger charge is 2.28. The predicted molar refractivity (Wildman–Crippen MR) is 154 cm³/mol. The SMILES string of the molecule is Cc1ccc(C(=O)Nc2ccc(-n3ccnc3)cc2)c(C2CCN(C(=O)Cc3ccc(N(C)C)cc3)CC2)n1. The van der Waals surface area contributed by atoms with E-state index < -0.39 is 0 Å². The second kappa shape index (κ2) is 11.5. The Morgan fingerprint density at radius 3 is 2.33 bits per heavy atom. The minimum Gasteiger partial charge on any atom is -0.378 e. The van der Waals surface area contributed by atoms with Crippen LogP contribution in [0.3, 0.4) is 0 Å². The van der Waals surface area contributed by atoms with Gasteiger partial charge in [-0.3, -0.25) is 14.6 Å². The number of rotatable bonds is 7. The third-order valence-electron chi connectivity index (χ3n) is 7.28. The van der Waals surface area contributed by atoms with Gasteiger partial charge in [0.1, 0.15) is 0 Å². The smallest absolute Gasteiger partial charge is 0.257 e. The number of carbonyl (C=O) groups excluding carboxylic acids is 2. The Labute approximate surface area is 229 Å². The molecule has 1 saturated heterocycles. The van der Waals surface area contributed by atoms with E-state index in [0.717, 1.165) is 46.9 Å². The van der Waals surface area contributed by atoms with E-state index in [9.17, 15) is 9.59 Å². The minimum absolute atomic E-state index is 0.123. The number of hydrogen-bond acceptors (Lipinski definition) is 5. The van der Waals surface area contributed by atoms with Crippen LogP contribution in [0.25, 0.3) is 5.69 Å². The number of amides is 2. The van der Waals surface area contributed by atoms with Gasteiger partial charge in [0.2, 0.25) is 5.91 Å². The number of nitrogens with one attached hydrogen (secondary N) is 1. The lowest BCUT2D eigenvalue weighted by molar-refractivity contribution is -0.131.